The minimum atomic E-state index is 0.470. The van der Waals surface area contributed by atoms with Gasteiger partial charge in [-0.2, -0.15) is 5.10 Å². The minimum Gasteiger partial charge on any atom is -0.489 e. The van der Waals surface area contributed by atoms with Crippen LogP contribution in [0.3, 0.4) is 0 Å². The zero-order valence-corrected chi connectivity index (χ0v) is 14.0. The maximum atomic E-state index is 5.83. The Bertz CT molecular complexity index is 670. The van der Waals surface area contributed by atoms with Crippen molar-refractivity contribution >= 4 is 5.84 Å². The molecule has 1 aliphatic rings. The number of aromatic nitrogens is 2. The lowest BCUT2D eigenvalue weighted by Gasteiger charge is -2.20. The minimum absolute atomic E-state index is 0.470. The van der Waals surface area contributed by atoms with Crippen molar-refractivity contribution in [2.24, 2.45) is 5.10 Å². The molecule has 0 unspecified atom stereocenters. The van der Waals surface area contributed by atoms with E-state index in [1.807, 2.05) is 35.0 Å². The summed E-state index contributed by atoms with van der Waals surface area (Å²) in [5, 5.41) is 7.12. The van der Waals surface area contributed by atoms with Crippen molar-refractivity contribution in [3.05, 3.63) is 61.2 Å². The van der Waals surface area contributed by atoms with E-state index in [-0.39, 0.29) is 0 Å². The fraction of sp³-hybridized carbons (Fsp3) is 0.368. The second-order valence-electron chi connectivity index (χ2n) is 5.86. The number of hydrogen-bond acceptors (Lipinski definition) is 4. The van der Waals surface area contributed by atoms with Crippen molar-refractivity contribution in [2.75, 3.05) is 19.7 Å². The van der Waals surface area contributed by atoms with Crippen LogP contribution in [0.4, 0.5) is 0 Å². The van der Waals surface area contributed by atoms with Gasteiger partial charge in [0.1, 0.15) is 18.7 Å². The second-order valence-corrected chi connectivity index (χ2v) is 5.86. The lowest BCUT2D eigenvalue weighted by Crippen LogP contribution is -2.24. The maximum Gasteiger partial charge on any atom is 0.169 e. The SMILES string of the molecule is C=CCOc1ccccc1C(=NN1CCCCCC1)n1ccnc1. The summed E-state index contributed by atoms with van der Waals surface area (Å²) in [5.74, 6) is 1.65. The quantitative estimate of drug-likeness (QED) is 0.480. The summed E-state index contributed by atoms with van der Waals surface area (Å²) in [4.78, 5) is 4.18. The lowest BCUT2D eigenvalue weighted by atomic mass is 10.2. The van der Waals surface area contributed by atoms with E-state index in [1.165, 1.54) is 25.7 Å². The van der Waals surface area contributed by atoms with E-state index in [2.05, 4.69) is 16.6 Å². The molecule has 0 spiro atoms. The van der Waals surface area contributed by atoms with Crippen molar-refractivity contribution in [3.8, 4) is 5.75 Å². The van der Waals surface area contributed by atoms with Crippen molar-refractivity contribution in [1.82, 2.24) is 14.6 Å². The normalized spacial score (nSPS) is 15.8. The zero-order valence-electron chi connectivity index (χ0n) is 14.0. The fourth-order valence-corrected chi connectivity index (χ4v) is 2.84. The first-order valence-corrected chi connectivity index (χ1v) is 8.53. The Balaban J connectivity index is 1.98. The molecule has 0 N–H and O–H groups in total. The molecule has 0 saturated carbocycles. The molecular weight excluding hydrogens is 300 g/mol. The Morgan fingerprint density at radius 3 is 2.71 bits per heavy atom. The lowest BCUT2D eigenvalue weighted by molar-refractivity contribution is 0.299. The third-order valence-corrected chi connectivity index (χ3v) is 4.05. The molecule has 1 saturated heterocycles. The van der Waals surface area contributed by atoms with Crippen LogP contribution in [-0.4, -0.2) is 40.1 Å². The number of para-hydroxylation sites is 1. The van der Waals surface area contributed by atoms with Gasteiger partial charge in [0, 0.05) is 25.5 Å². The Morgan fingerprint density at radius 2 is 2.00 bits per heavy atom. The van der Waals surface area contributed by atoms with Crippen LogP contribution in [-0.2, 0) is 0 Å². The van der Waals surface area contributed by atoms with Gasteiger partial charge in [0.05, 0.1) is 5.56 Å². The number of ether oxygens (including phenoxy) is 1. The number of hydrazone groups is 1. The first-order valence-electron chi connectivity index (χ1n) is 8.53. The topological polar surface area (TPSA) is 42.6 Å². The van der Waals surface area contributed by atoms with Crippen LogP contribution < -0.4 is 4.74 Å². The second kappa shape index (κ2) is 8.34. The van der Waals surface area contributed by atoms with Crippen molar-refractivity contribution in [1.29, 1.82) is 0 Å². The molecule has 1 aromatic carbocycles. The van der Waals surface area contributed by atoms with Crippen molar-refractivity contribution in [3.63, 3.8) is 0 Å². The molecule has 1 aromatic heterocycles. The van der Waals surface area contributed by atoms with Gasteiger partial charge in [-0.25, -0.2) is 4.98 Å². The van der Waals surface area contributed by atoms with Gasteiger partial charge in [0.2, 0.25) is 0 Å². The van der Waals surface area contributed by atoms with E-state index in [0.717, 1.165) is 30.2 Å². The molecule has 0 amide bonds. The highest BCUT2D eigenvalue weighted by molar-refractivity contribution is 6.02. The standard InChI is InChI=1S/C19H24N4O/c1-2-15-24-18-10-6-5-9-17(18)19(22-14-11-20-16-22)21-23-12-7-3-4-8-13-23/h2,5-6,9-11,14,16H,1,3-4,7-8,12-13,15H2. The van der Waals surface area contributed by atoms with Crippen LogP contribution in [0, 0.1) is 0 Å². The predicted molar refractivity (Wildman–Crippen MR) is 96.3 cm³/mol. The van der Waals surface area contributed by atoms with Crippen LogP contribution in [0.25, 0.3) is 0 Å². The molecule has 5 heteroatoms. The highest BCUT2D eigenvalue weighted by Crippen LogP contribution is 2.21. The van der Waals surface area contributed by atoms with Crippen LogP contribution in [0.15, 0.2) is 60.7 Å². The summed E-state index contributed by atoms with van der Waals surface area (Å²) in [6.07, 6.45) is 12.2. The highest BCUT2D eigenvalue weighted by Gasteiger charge is 2.15. The first kappa shape index (κ1) is 16.3. The van der Waals surface area contributed by atoms with Crippen LogP contribution in [0.2, 0.25) is 0 Å². The van der Waals surface area contributed by atoms with Crippen LogP contribution in [0.5, 0.6) is 5.75 Å². The number of imidazole rings is 1. The maximum absolute atomic E-state index is 5.83. The number of rotatable bonds is 5. The van der Waals surface area contributed by atoms with Crippen molar-refractivity contribution < 1.29 is 4.74 Å². The summed E-state index contributed by atoms with van der Waals surface area (Å²) in [6, 6.07) is 7.98. The summed E-state index contributed by atoms with van der Waals surface area (Å²) in [5.41, 5.74) is 0.960. The molecule has 3 rings (SSSR count). The third-order valence-electron chi connectivity index (χ3n) is 4.05. The number of hydrogen-bond donors (Lipinski definition) is 0. The molecule has 2 aromatic rings. The molecule has 1 aliphatic heterocycles. The van der Waals surface area contributed by atoms with Crippen molar-refractivity contribution in [2.45, 2.75) is 25.7 Å². The van der Waals surface area contributed by atoms with E-state index >= 15 is 0 Å². The number of benzene rings is 1. The molecule has 0 radical (unpaired) electrons. The highest BCUT2D eigenvalue weighted by atomic mass is 16.5. The summed E-state index contributed by atoms with van der Waals surface area (Å²) in [6.45, 7) is 6.18. The monoisotopic (exact) mass is 324 g/mol. The van der Waals surface area contributed by atoms with Crippen LogP contribution >= 0.6 is 0 Å². The Labute approximate surface area is 143 Å². The molecule has 24 heavy (non-hydrogen) atoms. The molecule has 0 aliphatic carbocycles. The Kier molecular flexibility index (Phi) is 5.66. The first-order chi connectivity index (χ1) is 11.9. The molecule has 1 fully saturated rings. The molecular formula is C19H24N4O. The molecule has 2 heterocycles. The average molecular weight is 324 g/mol. The molecule has 126 valence electrons. The van der Waals surface area contributed by atoms with Gasteiger partial charge in [0.15, 0.2) is 5.84 Å². The van der Waals surface area contributed by atoms with E-state index in [1.54, 1.807) is 18.6 Å². The zero-order chi connectivity index (χ0) is 16.6. The predicted octanol–water partition coefficient (Wildman–Crippen LogP) is 3.53. The molecule has 5 nitrogen and oxygen atoms in total. The van der Waals surface area contributed by atoms with Gasteiger partial charge in [0.25, 0.3) is 0 Å². The van der Waals surface area contributed by atoms with E-state index < -0.39 is 0 Å². The van der Waals surface area contributed by atoms with E-state index in [0.29, 0.717) is 6.61 Å². The van der Waals surface area contributed by atoms with E-state index in [4.69, 9.17) is 9.84 Å². The average Bonchev–Trinajstić information content (AvgIpc) is 3.02. The smallest absolute Gasteiger partial charge is 0.169 e. The fourth-order valence-electron chi connectivity index (χ4n) is 2.84. The molecule has 0 atom stereocenters. The van der Waals surface area contributed by atoms with Gasteiger partial charge in [-0.1, -0.05) is 37.6 Å². The summed E-state index contributed by atoms with van der Waals surface area (Å²) >= 11 is 0. The van der Waals surface area contributed by atoms with Gasteiger partial charge < -0.3 is 4.74 Å². The van der Waals surface area contributed by atoms with Crippen LogP contribution in [0.1, 0.15) is 31.2 Å². The number of nitrogens with zero attached hydrogens (tertiary/aromatic N) is 4. The van der Waals surface area contributed by atoms with E-state index in [9.17, 15) is 0 Å². The summed E-state index contributed by atoms with van der Waals surface area (Å²) < 4.78 is 7.77. The molecule has 0 bridgehead atoms. The van der Waals surface area contributed by atoms with Gasteiger partial charge in [-0.15, -0.1) is 0 Å². The van der Waals surface area contributed by atoms with Gasteiger partial charge in [-0.3, -0.25) is 9.58 Å². The Morgan fingerprint density at radius 1 is 1.21 bits per heavy atom. The Hall–Kier alpha value is -2.56. The largest absolute Gasteiger partial charge is 0.489 e. The van der Waals surface area contributed by atoms with Gasteiger partial charge >= 0.3 is 0 Å². The summed E-state index contributed by atoms with van der Waals surface area (Å²) in [7, 11) is 0. The van der Waals surface area contributed by atoms with Gasteiger partial charge in [-0.05, 0) is 25.0 Å². The third kappa shape index (κ3) is 4.04.